The molecular weight excluding hydrogens is 231 g/mol. The zero-order valence-corrected chi connectivity index (χ0v) is 10.3. The standard InChI is InChI=1S/C12H16F3NO/c1-6-5-9(11(16)12(13,14)15)7(2)8(3)10(6)17-4/h5,11H,16H2,1-4H3. The largest absolute Gasteiger partial charge is 0.496 e. The zero-order chi connectivity index (χ0) is 13.4. The molecule has 0 fully saturated rings. The first-order valence-corrected chi connectivity index (χ1v) is 5.17. The second-order valence-corrected chi connectivity index (χ2v) is 4.09. The van der Waals surface area contributed by atoms with Gasteiger partial charge >= 0.3 is 6.18 Å². The van der Waals surface area contributed by atoms with Crippen molar-refractivity contribution in [3.63, 3.8) is 0 Å². The minimum Gasteiger partial charge on any atom is -0.496 e. The molecule has 1 rings (SSSR count). The van der Waals surface area contributed by atoms with Crippen LogP contribution in [0.15, 0.2) is 6.07 Å². The summed E-state index contributed by atoms with van der Waals surface area (Å²) in [6.45, 7) is 5.06. The van der Waals surface area contributed by atoms with Crippen molar-refractivity contribution < 1.29 is 17.9 Å². The Morgan fingerprint density at radius 1 is 1.18 bits per heavy atom. The van der Waals surface area contributed by atoms with Crippen LogP contribution in [0.1, 0.15) is 28.3 Å². The molecule has 0 radical (unpaired) electrons. The fourth-order valence-electron chi connectivity index (χ4n) is 1.90. The predicted molar refractivity (Wildman–Crippen MR) is 60.2 cm³/mol. The van der Waals surface area contributed by atoms with Gasteiger partial charge in [0.15, 0.2) is 0 Å². The molecule has 0 spiro atoms. The predicted octanol–water partition coefficient (Wildman–Crippen LogP) is 3.18. The van der Waals surface area contributed by atoms with Gasteiger partial charge in [-0.25, -0.2) is 0 Å². The van der Waals surface area contributed by atoms with Crippen LogP contribution in [-0.4, -0.2) is 13.3 Å². The summed E-state index contributed by atoms with van der Waals surface area (Å²) in [5.74, 6) is 0.612. The Hall–Kier alpha value is -1.23. The Kier molecular flexibility index (Phi) is 3.71. The number of ether oxygens (including phenoxy) is 1. The van der Waals surface area contributed by atoms with Crippen molar-refractivity contribution in [2.75, 3.05) is 7.11 Å². The van der Waals surface area contributed by atoms with Crippen LogP contribution in [0, 0.1) is 20.8 Å². The zero-order valence-electron chi connectivity index (χ0n) is 10.3. The van der Waals surface area contributed by atoms with Crippen molar-refractivity contribution in [1.82, 2.24) is 0 Å². The molecule has 5 heteroatoms. The van der Waals surface area contributed by atoms with Gasteiger partial charge in [0.1, 0.15) is 11.8 Å². The van der Waals surface area contributed by atoms with E-state index in [9.17, 15) is 13.2 Å². The number of halogens is 3. The van der Waals surface area contributed by atoms with Crippen LogP contribution in [-0.2, 0) is 0 Å². The molecule has 1 unspecified atom stereocenters. The second-order valence-electron chi connectivity index (χ2n) is 4.09. The Labute approximate surface area is 98.6 Å². The first-order chi connectivity index (χ1) is 7.70. The van der Waals surface area contributed by atoms with Crippen LogP contribution in [0.25, 0.3) is 0 Å². The van der Waals surface area contributed by atoms with Gasteiger partial charge in [-0.1, -0.05) is 6.07 Å². The molecule has 96 valence electrons. The summed E-state index contributed by atoms with van der Waals surface area (Å²) in [6, 6.07) is -0.509. The molecule has 0 aliphatic heterocycles. The molecule has 0 aliphatic rings. The average Bonchev–Trinajstić information content (AvgIpc) is 2.22. The van der Waals surface area contributed by atoms with Crippen molar-refractivity contribution in [2.45, 2.75) is 33.0 Å². The molecular formula is C12H16F3NO. The quantitative estimate of drug-likeness (QED) is 0.871. The number of benzene rings is 1. The van der Waals surface area contributed by atoms with Crippen molar-refractivity contribution >= 4 is 0 Å². The molecule has 2 nitrogen and oxygen atoms in total. The topological polar surface area (TPSA) is 35.2 Å². The number of aryl methyl sites for hydroxylation is 1. The number of hydrogen-bond acceptors (Lipinski definition) is 2. The third-order valence-corrected chi connectivity index (χ3v) is 2.96. The van der Waals surface area contributed by atoms with Gasteiger partial charge < -0.3 is 10.5 Å². The van der Waals surface area contributed by atoms with E-state index in [0.717, 1.165) is 0 Å². The van der Waals surface area contributed by atoms with Crippen LogP contribution in [0.4, 0.5) is 13.2 Å². The molecule has 0 saturated heterocycles. The normalized spacial score (nSPS) is 13.6. The summed E-state index contributed by atoms with van der Waals surface area (Å²) in [4.78, 5) is 0. The Morgan fingerprint density at radius 2 is 1.71 bits per heavy atom. The molecule has 0 heterocycles. The first-order valence-electron chi connectivity index (χ1n) is 5.17. The van der Waals surface area contributed by atoms with E-state index in [1.165, 1.54) is 13.2 Å². The highest BCUT2D eigenvalue weighted by Gasteiger charge is 2.39. The fourth-order valence-corrected chi connectivity index (χ4v) is 1.90. The summed E-state index contributed by atoms with van der Waals surface area (Å²) in [5.41, 5.74) is 7.22. The second kappa shape index (κ2) is 4.56. The molecule has 0 aliphatic carbocycles. The van der Waals surface area contributed by atoms with Gasteiger partial charge in [-0.05, 0) is 43.0 Å². The Bertz CT molecular complexity index is 427. The maximum atomic E-state index is 12.6. The monoisotopic (exact) mass is 247 g/mol. The van der Waals surface area contributed by atoms with Crippen molar-refractivity contribution in [1.29, 1.82) is 0 Å². The van der Waals surface area contributed by atoms with Crippen molar-refractivity contribution in [3.8, 4) is 5.75 Å². The van der Waals surface area contributed by atoms with Gasteiger partial charge in [0, 0.05) is 0 Å². The lowest BCUT2D eigenvalue weighted by Crippen LogP contribution is -2.29. The minimum atomic E-state index is -4.43. The lowest BCUT2D eigenvalue weighted by atomic mass is 9.94. The average molecular weight is 247 g/mol. The molecule has 0 bridgehead atoms. The lowest BCUT2D eigenvalue weighted by molar-refractivity contribution is -0.149. The van der Waals surface area contributed by atoms with E-state index in [2.05, 4.69) is 0 Å². The molecule has 1 aromatic carbocycles. The van der Waals surface area contributed by atoms with Crippen LogP contribution in [0.2, 0.25) is 0 Å². The maximum Gasteiger partial charge on any atom is 0.407 e. The summed E-state index contributed by atoms with van der Waals surface area (Å²) >= 11 is 0. The van der Waals surface area contributed by atoms with Gasteiger partial charge in [-0.15, -0.1) is 0 Å². The van der Waals surface area contributed by atoms with E-state index < -0.39 is 12.2 Å². The van der Waals surface area contributed by atoms with Crippen LogP contribution in [0.3, 0.4) is 0 Å². The SMILES string of the molecule is COc1c(C)cc(C(N)C(F)(F)F)c(C)c1C. The number of alkyl halides is 3. The molecule has 0 saturated carbocycles. The van der Waals surface area contributed by atoms with Crippen LogP contribution in [0.5, 0.6) is 5.75 Å². The molecule has 1 aromatic rings. The van der Waals surface area contributed by atoms with E-state index >= 15 is 0 Å². The van der Waals surface area contributed by atoms with Crippen molar-refractivity contribution in [3.05, 3.63) is 28.3 Å². The minimum absolute atomic E-state index is 0.105. The molecule has 0 amide bonds. The maximum absolute atomic E-state index is 12.6. The number of hydrogen-bond donors (Lipinski definition) is 1. The molecule has 0 aromatic heterocycles. The van der Waals surface area contributed by atoms with E-state index in [1.807, 2.05) is 0 Å². The number of methoxy groups -OCH3 is 1. The van der Waals surface area contributed by atoms with E-state index in [1.54, 1.807) is 20.8 Å². The molecule has 1 atom stereocenters. The van der Waals surface area contributed by atoms with E-state index in [-0.39, 0.29) is 5.56 Å². The molecule has 2 N–H and O–H groups in total. The van der Waals surface area contributed by atoms with E-state index in [0.29, 0.717) is 22.4 Å². The van der Waals surface area contributed by atoms with Gasteiger partial charge in [0.25, 0.3) is 0 Å². The Morgan fingerprint density at radius 3 is 2.12 bits per heavy atom. The smallest absolute Gasteiger partial charge is 0.407 e. The number of nitrogens with two attached hydrogens (primary N) is 1. The Balaban J connectivity index is 3.38. The fraction of sp³-hybridized carbons (Fsp3) is 0.500. The summed E-state index contributed by atoms with van der Waals surface area (Å²) in [5, 5.41) is 0. The van der Waals surface area contributed by atoms with Crippen molar-refractivity contribution in [2.24, 2.45) is 5.73 Å². The molecule has 17 heavy (non-hydrogen) atoms. The van der Waals surface area contributed by atoms with Crippen LogP contribution >= 0.6 is 0 Å². The van der Waals surface area contributed by atoms with E-state index in [4.69, 9.17) is 10.5 Å². The third kappa shape index (κ3) is 2.54. The van der Waals surface area contributed by atoms with Gasteiger partial charge in [-0.2, -0.15) is 13.2 Å². The first kappa shape index (κ1) is 13.8. The number of rotatable bonds is 2. The summed E-state index contributed by atoms with van der Waals surface area (Å²) in [6.07, 6.45) is -4.43. The lowest BCUT2D eigenvalue weighted by Gasteiger charge is -2.21. The van der Waals surface area contributed by atoms with Gasteiger partial charge in [0.05, 0.1) is 7.11 Å². The van der Waals surface area contributed by atoms with Gasteiger partial charge in [-0.3, -0.25) is 0 Å². The van der Waals surface area contributed by atoms with Crippen LogP contribution < -0.4 is 10.5 Å². The summed E-state index contributed by atoms with van der Waals surface area (Å²) in [7, 11) is 1.50. The highest BCUT2D eigenvalue weighted by atomic mass is 19.4. The van der Waals surface area contributed by atoms with Gasteiger partial charge in [0.2, 0.25) is 0 Å². The highest BCUT2D eigenvalue weighted by Crippen LogP contribution is 2.37. The highest BCUT2D eigenvalue weighted by molar-refractivity contribution is 5.50. The third-order valence-electron chi connectivity index (χ3n) is 2.96. The summed E-state index contributed by atoms with van der Waals surface area (Å²) < 4.78 is 43.0.